The SMILES string of the molecule is C=CCCOCCn1c(C)nc(C(=O)OCC)c1N. The Bertz CT molecular complexity index is 441. The normalized spacial score (nSPS) is 10.4. The lowest BCUT2D eigenvalue weighted by atomic mass is 10.4. The monoisotopic (exact) mass is 267 g/mol. The summed E-state index contributed by atoms with van der Waals surface area (Å²) in [6.45, 7) is 9.15. The number of rotatable bonds is 8. The van der Waals surface area contributed by atoms with Crippen LogP contribution in [-0.2, 0) is 16.0 Å². The van der Waals surface area contributed by atoms with E-state index in [9.17, 15) is 4.79 Å². The molecule has 0 saturated carbocycles. The summed E-state index contributed by atoms with van der Waals surface area (Å²) in [5.41, 5.74) is 6.08. The maximum Gasteiger partial charge on any atom is 0.360 e. The summed E-state index contributed by atoms with van der Waals surface area (Å²) in [5, 5.41) is 0. The van der Waals surface area contributed by atoms with Gasteiger partial charge >= 0.3 is 5.97 Å². The van der Waals surface area contributed by atoms with Gasteiger partial charge in [-0.1, -0.05) is 6.08 Å². The quantitative estimate of drug-likeness (QED) is 0.439. The predicted molar refractivity (Wildman–Crippen MR) is 73.0 cm³/mol. The van der Waals surface area contributed by atoms with Crippen LogP contribution < -0.4 is 5.73 Å². The van der Waals surface area contributed by atoms with Gasteiger partial charge in [0.05, 0.1) is 19.8 Å². The molecule has 0 fully saturated rings. The van der Waals surface area contributed by atoms with E-state index in [2.05, 4.69) is 11.6 Å². The number of nitrogens with zero attached hydrogens (tertiary/aromatic N) is 2. The Labute approximate surface area is 113 Å². The van der Waals surface area contributed by atoms with E-state index < -0.39 is 5.97 Å². The first-order valence-electron chi connectivity index (χ1n) is 6.30. The number of nitrogen functional groups attached to an aromatic ring is 1. The summed E-state index contributed by atoms with van der Waals surface area (Å²) in [6, 6.07) is 0. The van der Waals surface area contributed by atoms with Gasteiger partial charge in [0.2, 0.25) is 0 Å². The standard InChI is InChI=1S/C13H21N3O3/c1-4-6-8-18-9-7-16-10(3)15-11(12(16)14)13(17)19-5-2/h4H,1,5-9,14H2,2-3H3. The van der Waals surface area contributed by atoms with Gasteiger partial charge in [-0.15, -0.1) is 6.58 Å². The third-order valence-electron chi connectivity index (χ3n) is 2.59. The number of hydrogen-bond acceptors (Lipinski definition) is 5. The zero-order chi connectivity index (χ0) is 14.3. The van der Waals surface area contributed by atoms with E-state index in [1.165, 1.54) is 0 Å². The van der Waals surface area contributed by atoms with Crippen molar-refractivity contribution in [2.24, 2.45) is 0 Å². The molecule has 1 heterocycles. The van der Waals surface area contributed by atoms with Gasteiger partial charge in [0.1, 0.15) is 11.6 Å². The Balaban J connectivity index is 2.63. The molecule has 0 unspecified atom stereocenters. The molecule has 1 aromatic rings. The first-order chi connectivity index (χ1) is 9.11. The number of hydrogen-bond donors (Lipinski definition) is 1. The smallest absolute Gasteiger partial charge is 0.360 e. The zero-order valence-corrected chi connectivity index (χ0v) is 11.5. The lowest BCUT2D eigenvalue weighted by molar-refractivity contribution is 0.0521. The molecule has 2 N–H and O–H groups in total. The van der Waals surface area contributed by atoms with E-state index in [1.54, 1.807) is 24.5 Å². The Hall–Kier alpha value is -1.82. The van der Waals surface area contributed by atoms with Crippen LogP contribution in [0, 0.1) is 6.92 Å². The highest BCUT2D eigenvalue weighted by Crippen LogP contribution is 2.15. The fourth-order valence-electron chi connectivity index (χ4n) is 1.64. The molecular weight excluding hydrogens is 246 g/mol. The molecule has 0 aliphatic rings. The number of carbonyl (C=O) groups excluding carboxylic acids is 1. The van der Waals surface area contributed by atoms with Gasteiger partial charge < -0.3 is 19.8 Å². The van der Waals surface area contributed by atoms with Gasteiger partial charge in [-0.2, -0.15) is 0 Å². The highest BCUT2D eigenvalue weighted by molar-refractivity contribution is 5.92. The van der Waals surface area contributed by atoms with Crippen LogP contribution >= 0.6 is 0 Å². The van der Waals surface area contributed by atoms with Crippen LogP contribution in [0.25, 0.3) is 0 Å². The minimum absolute atomic E-state index is 0.172. The molecule has 0 atom stereocenters. The molecule has 0 bridgehead atoms. The molecule has 0 spiro atoms. The van der Waals surface area contributed by atoms with Crippen molar-refractivity contribution < 1.29 is 14.3 Å². The maximum absolute atomic E-state index is 11.6. The average Bonchev–Trinajstić information content (AvgIpc) is 2.66. The molecule has 0 radical (unpaired) electrons. The Morgan fingerprint density at radius 2 is 2.26 bits per heavy atom. The number of nitrogens with two attached hydrogens (primary N) is 1. The largest absolute Gasteiger partial charge is 0.461 e. The van der Waals surface area contributed by atoms with E-state index >= 15 is 0 Å². The molecule has 0 aliphatic carbocycles. The summed E-state index contributed by atoms with van der Waals surface area (Å²) in [5.74, 6) is 0.505. The second-order valence-corrected chi connectivity index (χ2v) is 3.95. The summed E-state index contributed by atoms with van der Waals surface area (Å²) < 4.78 is 12.1. The van der Waals surface area contributed by atoms with E-state index in [-0.39, 0.29) is 5.69 Å². The minimum atomic E-state index is -0.491. The Kier molecular flexibility index (Phi) is 6.08. The molecule has 106 valence electrons. The number of aryl methyl sites for hydroxylation is 1. The van der Waals surface area contributed by atoms with Crippen molar-refractivity contribution in [1.29, 1.82) is 0 Å². The third-order valence-corrected chi connectivity index (χ3v) is 2.59. The first-order valence-corrected chi connectivity index (χ1v) is 6.30. The van der Waals surface area contributed by atoms with Crippen LogP contribution in [0.1, 0.15) is 29.7 Å². The Morgan fingerprint density at radius 1 is 1.53 bits per heavy atom. The minimum Gasteiger partial charge on any atom is -0.461 e. The van der Waals surface area contributed by atoms with Gasteiger partial charge in [0, 0.05) is 6.54 Å². The average molecular weight is 267 g/mol. The number of carbonyl (C=O) groups is 1. The second-order valence-electron chi connectivity index (χ2n) is 3.95. The summed E-state index contributed by atoms with van der Waals surface area (Å²) in [6.07, 6.45) is 2.61. The Morgan fingerprint density at radius 3 is 2.89 bits per heavy atom. The highest BCUT2D eigenvalue weighted by atomic mass is 16.5. The molecule has 19 heavy (non-hydrogen) atoms. The highest BCUT2D eigenvalue weighted by Gasteiger charge is 2.19. The fourth-order valence-corrected chi connectivity index (χ4v) is 1.64. The van der Waals surface area contributed by atoms with Crippen LogP contribution in [-0.4, -0.2) is 35.3 Å². The van der Waals surface area contributed by atoms with E-state index in [0.29, 0.717) is 38.0 Å². The van der Waals surface area contributed by atoms with Crippen molar-refractivity contribution in [2.45, 2.75) is 26.8 Å². The zero-order valence-electron chi connectivity index (χ0n) is 11.5. The lowest BCUT2D eigenvalue weighted by Crippen LogP contribution is -2.12. The fraction of sp³-hybridized carbons (Fsp3) is 0.538. The number of ether oxygens (including phenoxy) is 2. The van der Waals surface area contributed by atoms with Crippen LogP contribution in [0.4, 0.5) is 5.82 Å². The number of esters is 1. The lowest BCUT2D eigenvalue weighted by Gasteiger charge is -2.08. The van der Waals surface area contributed by atoms with Crippen molar-refractivity contribution in [3.05, 3.63) is 24.2 Å². The van der Waals surface area contributed by atoms with Gasteiger partial charge in [-0.3, -0.25) is 0 Å². The van der Waals surface area contributed by atoms with Gasteiger partial charge in [-0.05, 0) is 20.3 Å². The molecule has 6 heteroatoms. The molecule has 0 amide bonds. The molecule has 0 aromatic carbocycles. The number of imidazole rings is 1. The second kappa shape index (κ2) is 7.58. The molecule has 0 saturated heterocycles. The summed E-state index contributed by atoms with van der Waals surface area (Å²) in [7, 11) is 0. The van der Waals surface area contributed by atoms with Crippen molar-refractivity contribution in [3.8, 4) is 0 Å². The van der Waals surface area contributed by atoms with Crippen LogP contribution in [0.2, 0.25) is 0 Å². The van der Waals surface area contributed by atoms with Crippen molar-refractivity contribution in [3.63, 3.8) is 0 Å². The topological polar surface area (TPSA) is 79.4 Å². The van der Waals surface area contributed by atoms with Crippen LogP contribution in [0.5, 0.6) is 0 Å². The van der Waals surface area contributed by atoms with Crippen molar-refractivity contribution in [2.75, 3.05) is 25.6 Å². The van der Waals surface area contributed by atoms with Gasteiger partial charge in [-0.25, -0.2) is 9.78 Å². The number of anilines is 1. The molecular formula is C13H21N3O3. The van der Waals surface area contributed by atoms with Crippen molar-refractivity contribution in [1.82, 2.24) is 9.55 Å². The van der Waals surface area contributed by atoms with Gasteiger partial charge in [0.25, 0.3) is 0 Å². The summed E-state index contributed by atoms with van der Waals surface area (Å²) in [4.78, 5) is 15.8. The predicted octanol–water partition coefficient (Wildman–Crippen LogP) is 1.54. The van der Waals surface area contributed by atoms with Crippen LogP contribution in [0.15, 0.2) is 12.7 Å². The molecule has 0 aliphatic heterocycles. The first kappa shape index (κ1) is 15.2. The van der Waals surface area contributed by atoms with Crippen LogP contribution in [0.3, 0.4) is 0 Å². The van der Waals surface area contributed by atoms with Crippen molar-refractivity contribution >= 4 is 11.8 Å². The molecule has 1 rings (SSSR count). The van der Waals surface area contributed by atoms with Gasteiger partial charge in [0.15, 0.2) is 5.69 Å². The molecule has 6 nitrogen and oxygen atoms in total. The molecule has 1 aromatic heterocycles. The van der Waals surface area contributed by atoms with E-state index in [0.717, 1.165) is 6.42 Å². The third kappa shape index (κ3) is 4.10. The van der Waals surface area contributed by atoms with E-state index in [1.807, 2.05) is 0 Å². The van der Waals surface area contributed by atoms with E-state index in [4.69, 9.17) is 15.2 Å². The maximum atomic E-state index is 11.6. The summed E-state index contributed by atoms with van der Waals surface area (Å²) >= 11 is 0. The number of aromatic nitrogens is 2.